The second-order valence-electron chi connectivity index (χ2n) is 4.71. The summed E-state index contributed by atoms with van der Waals surface area (Å²) in [6, 6.07) is 2.16. The maximum absolute atomic E-state index is 11.4. The number of carbonyl (C=O) groups is 1. The predicted molar refractivity (Wildman–Crippen MR) is 64.2 cm³/mol. The third-order valence-corrected chi connectivity index (χ3v) is 3.63. The van der Waals surface area contributed by atoms with E-state index in [1.54, 1.807) is 0 Å². The lowest BCUT2D eigenvalue weighted by atomic mass is 9.88. The van der Waals surface area contributed by atoms with Crippen molar-refractivity contribution >= 4 is 5.91 Å². The van der Waals surface area contributed by atoms with E-state index in [-0.39, 0.29) is 11.4 Å². The van der Waals surface area contributed by atoms with Gasteiger partial charge in [-0.15, -0.1) is 0 Å². The van der Waals surface area contributed by atoms with E-state index in [2.05, 4.69) is 42.2 Å². The van der Waals surface area contributed by atoms with Gasteiger partial charge in [-0.25, -0.2) is 0 Å². The van der Waals surface area contributed by atoms with E-state index in [1.807, 2.05) is 0 Å². The van der Waals surface area contributed by atoms with Gasteiger partial charge >= 0.3 is 0 Å². The lowest BCUT2D eigenvalue weighted by molar-refractivity contribution is -0.119. The molecule has 0 aliphatic carbocycles. The normalized spacial score (nSPS) is 24.8. The molecule has 0 saturated carbocycles. The average molecular weight is 220 g/mol. The van der Waals surface area contributed by atoms with E-state index in [1.165, 1.54) is 5.56 Å². The highest BCUT2D eigenvalue weighted by atomic mass is 16.2. The van der Waals surface area contributed by atoms with Gasteiger partial charge in [0.05, 0.1) is 0 Å². The van der Waals surface area contributed by atoms with Gasteiger partial charge in [-0.3, -0.25) is 4.79 Å². The molecule has 1 amide bonds. The number of nitrogens with one attached hydrogen (secondary N) is 1. The molecule has 1 N–H and O–H groups in total. The minimum Gasteiger partial charge on any atom is -0.354 e. The van der Waals surface area contributed by atoms with Crippen LogP contribution in [0.25, 0.3) is 0 Å². The van der Waals surface area contributed by atoms with Crippen molar-refractivity contribution in [2.24, 2.45) is 0 Å². The van der Waals surface area contributed by atoms with Gasteiger partial charge in [0, 0.05) is 30.9 Å². The molecule has 88 valence electrons. The standard InChI is InChI=1S/C13H20N2O/c1-3-13(7-5-12(16)14-13)9-11-6-8-15(4-2)10-11/h6,8,10H,3-5,7,9H2,1-2H3,(H,14,16). The number of carbonyl (C=O) groups excluding carboxylic acids is 1. The third-order valence-electron chi connectivity index (χ3n) is 3.63. The summed E-state index contributed by atoms with van der Waals surface area (Å²) in [5.41, 5.74) is 1.34. The maximum Gasteiger partial charge on any atom is 0.220 e. The summed E-state index contributed by atoms with van der Waals surface area (Å²) in [4.78, 5) is 11.4. The SMILES string of the molecule is CCn1ccc(CC2(CC)CCC(=O)N2)c1. The van der Waals surface area contributed by atoms with Crippen molar-refractivity contribution in [2.75, 3.05) is 0 Å². The number of hydrogen-bond acceptors (Lipinski definition) is 1. The van der Waals surface area contributed by atoms with Crippen LogP contribution in [0.1, 0.15) is 38.7 Å². The second-order valence-corrected chi connectivity index (χ2v) is 4.71. The van der Waals surface area contributed by atoms with E-state index in [0.717, 1.165) is 25.8 Å². The molecule has 0 bridgehead atoms. The van der Waals surface area contributed by atoms with Gasteiger partial charge < -0.3 is 9.88 Å². The molecule has 1 aromatic rings. The van der Waals surface area contributed by atoms with Crippen LogP contribution < -0.4 is 5.32 Å². The van der Waals surface area contributed by atoms with Crippen LogP contribution in [0.2, 0.25) is 0 Å². The van der Waals surface area contributed by atoms with E-state index < -0.39 is 0 Å². The van der Waals surface area contributed by atoms with Crippen LogP contribution in [0.3, 0.4) is 0 Å². The van der Waals surface area contributed by atoms with E-state index in [4.69, 9.17) is 0 Å². The molecule has 1 fully saturated rings. The molecule has 3 nitrogen and oxygen atoms in total. The summed E-state index contributed by atoms with van der Waals surface area (Å²) in [7, 11) is 0. The lowest BCUT2D eigenvalue weighted by Gasteiger charge is -2.27. The van der Waals surface area contributed by atoms with Crippen molar-refractivity contribution < 1.29 is 4.79 Å². The van der Waals surface area contributed by atoms with Crippen molar-refractivity contribution in [3.8, 4) is 0 Å². The van der Waals surface area contributed by atoms with Gasteiger partial charge in [0.25, 0.3) is 0 Å². The Morgan fingerprint density at radius 1 is 1.50 bits per heavy atom. The number of rotatable bonds is 4. The van der Waals surface area contributed by atoms with Crippen molar-refractivity contribution in [2.45, 2.75) is 51.6 Å². The first kappa shape index (κ1) is 11.2. The molecule has 0 aromatic carbocycles. The number of aryl methyl sites for hydroxylation is 1. The monoisotopic (exact) mass is 220 g/mol. The fraction of sp³-hybridized carbons (Fsp3) is 0.615. The maximum atomic E-state index is 11.4. The Labute approximate surface area is 96.8 Å². The Hall–Kier alpha value is -1.25. The molecule has 2 rings (SSSR count). The number of aromatic nitrogens is 1. The summed E-state index contributed by atoms with van der Waals surface area (Å²) >= 11 is 0. The first-order valence-corrected chi connectivity index (χ1v) is 6.13. The molecule has 1 aliphatic rings. The van der Waals surface area contributed by atoms with Gasteiger partial charge in [0.2, 0.25) is 5.91 Å². The molecular weight excluding hydrogens is 200 g/mol. The molecule has 1 aliphatic heterocycles. The molecule has 2 heterocycles. The van der Waals surface area contributed by atoms with Crippen LogP contribution >= 0.6 is 0 Å². The van der Waals surface area contributed by atoms with Crippen molar-refractivity contribution in [1.82, 2.24) is 9.88 Å². The van der Waals surface area contributed by atoms with Crippen molar-refractivity contribution in [1.29, 1.82) is 0 Å². The summed E-state index contributed by atoms with van der Waals surface area (Å²) in [5, 5.41) is 3.14. The molecule has 3 heteroatoms. The highest BCUT2D eigenvalue weighted by molar-refractivity contribution is 5.79. The summed E-state index contributed by atoms with van der Waals surface area (Å²) < 4.78 is 2.18. The topological polar surface area (TPSA) is 34.0 Å². The van der Waals surface area contributed by atoms with Crippen LogP contribution in [0, 0.1) is 0 Å². The van der Waals surface area contributed by atoms with E-state index >= 15 is 0 Å². The zero-order valence-electron chi connectivity index (χ0n) is 10.1. The number of nitrogens with zero attached hydrogens (tertiary/aromatic N) is 1. The molecule has 1 aromatic heterocycles. The number of amides is 1. The van der Waals surface area contributed by atoms with E-state index in [9.17, 15) is 4.79 Å². The van der Waals surface area contributed by atoms with Gasteiger partial charge in [-0.05, 0) is 37.8 Å². The summed E-state index contributed by atoms with van der Waals surface area (Å²) in [6.07, 6.45) is 7.91. The molecule has 1 saturated heterocycles. The number of hydrogen-bond donors (Lipinski definition) is 1. The van der Waals surface area contributed by atoms with Crippen molar-refractivity contribution in [3.05, 3.63) is 24.0 Å². The Kier molecular flexibility index (Phi) is 3.03. The quantitative estimate of drug-likeness (QED) is 0.828. The first-order chi connectivity index (χ1) is 7.67. The summed E-state index contributed by atoms with van der Waals surface area (Å²) in [5.74, 6) is 0.205. The minimum absolute atomic E-state index is 0.0109. The van der Waals surface area contributed by atoms with Crippen LogP contribution in [-0.4, -0.2) is 16.0 Å². The Balaban J connectivity index is 2.09. The van der Waals surface area contributed by atoms with Crippen molar-refractivity contribution in [3.63, 3.8) is 0 Å². The van der Waals surface area contributed by atoms with Crippen LogP contribution in [0.5, 0.6) is 0 Å². The van der Waals surface area contributed by atoms with Crippen LogP contribution in [0.15, 0.2) is 18.5 Å². The average Bonchev–Trinajstić information content (AvgIpc) is 2.87. The highest BCUT2D eigenvalue weighted by Gasteiger charge is 2.35. The first-order valence-electron chi connectivity index (χ1n) is 6.13. The zero-order valence-corrected chi connectivity index (χ0v) is 10.1. The highest BCUT2D eigenvalue weighted by Crippen LogP contribution is 2.27. The smallest absolute Gasteiger partial charge is 0.220 e. The zero-order chi connectivity index (χ0) is 11.6. The molecule has 1 atom stereocenters. The molecule has 0 spiro atoms. The Bertz CT molecular complexity index is 383. The summed E-state index contributed by atoms with van der Waals surface area (Å²) in [6.45, 7) is 5.30. The molecular formula is C13H20N2O. The largest absolute Gasteiger partial charge is 0.354 e. The van der Waals surface area contributed by atoms with Gasteiger partial charge in [-0.2, -0.15) is 0 Å². The third kappa shape index (κ3) is 2.13. The molecule has 0 radical (unpaired) electrons. The fourth-order valence-corrected chi connectivity index (χ4v) is 2.48. The minimum atomic E-state index is 0.0109. The predicted octanol–water partition coefficient (Wildman–Crippen LogP) is 2.11. The van der Waals surface area contributed by atoms with Crippen LogP contribution in [0.4, 0.5) is 0 Å². The Morgan fingerprint density at radius 2 is 2.31 bits per heavy atom. The molecule has 1 unspecified atom stereocenters. The van der Waals surface area contributed by atoms with Gasteiger partial charge in [0.1, 0.15) is 0 Å². The second kappa shape index (κ2) is 4.32. The molecule has 16 heavy (non-hydrogen) atoms. The van der Waals surface area contributed by atoms with Crippen LogP contribution in [-0.2, 0) is 17.8 Å². The van der Waals surface area contributed by atoms with Gasteiger partial charge in [0.15, 0.2) is 0 Å². The Morgan fingerprint density at radius 3 is 2.81 bits per heavy atom. The van der Waals surface area contributed by atoms with E-state index in [0.29, 0.717) is 6.42 Å². The van der Waals surface area contributed by atoms with Gasteiger partial charge in [-0.1, -0.05) is 6.92 Å². The fourth-order valence-electron chi connectivity index (χ4n) is 2.48. The lowest BCUT2D eigenvalue weighted by Crippen LogP contribution is -2.42.